The van der Waals surface area contributed by atoms with Crippen LogP contribution < -0.4 is 10.2 Å². The van der Waals surface area contributed by atoms with Gasteiger partial charge in [0.05, 0.1) is 6.61 Å². The number of rotatable bonds is 7. The maximum absolute atomic E-state index is 12.1. The third-order valence-corrected chi connectivity index (χ3v) is 4.78. The fourth-order valence-electron chi connectivity index (χ4n) is 3.31. The fourth-order valence-corrected chi connectivity index (χ4v) is 3.31. The maximum atomic E-state index is 12.1. The first kappa shape index (κ1) is 18.3. The summed E-state index contributed by atoms with van der Waals surface area (Å²) in [5, 5.41) is 2.79. The van der Waals surface area contributed by atoms with Crippen LogP contribution in [0, 0.1) is 5.92 Å². The zero-order chi connectivity index (χ0) is 18.2. The smallest absolute Gasteiger partial charge is 0.270 e. The Labute approximate surface area is 154 Å². The SMILES string of the molecule is COCCNC(=O)c1cc(N2CCC(Cc3ccccc3)CC2)ncn1. The number of hydrogen-bond donors (Lipinski definition) is 1. The second-order valence-corrected chi connectivity index (χ2v) is 6.63. The number of piperidine rings is 1. The molecule has 0 aliphatic carbocycles. The quantitative estimate of drug-likeness (QED) is 0.773. The van der Waals surface area contributed by atoms with Gasteiger partial charge in [0.2, 0.25) is 0 Å². The zero-order valence-corrected chi connectivity index (χ0v) is 15.2. The van der Waals surface area contributed by atoms with Crippen LogP contribution in [-0.4, -0.2) is 49.2 Å². The molecule has 1 aromatic carbocycles. The van der Waals surface area contributed by atoms with Gasteiger partial charge < -0.3 is 15.0 Å². The van der Waals surface area contributed by atoms with Crippen molar-refractivity contribution >= 4 is 11.7 Å². The lowest BCUT2D eigenvalue weighted by molar-refractivity contribution is 0.0932. The van der Waals surface area contributed by atoms with E-state index in [0.717, 1.165) is 38.2 Å². The van der Waals surface area contributed by atoms with E-state index in [1.807, 2.05) is 0 Å². The van der Waals surface area contributed by atoms with Gasteiger partial charge in [0, 0.05) is 32.8 Å². The van der Waals surface area contributed by atoms with Crippen LogP contribution in [0.3, 0.4) is 0 Å². The molecule has 3 rings (SSSR count). The second-order valence-electron chi connectivity index (χ2n) is 6.63. The molecule has 1 fully saturated rings. The first-order valence-corrected chi connectivity index (χ1v) is 9.14. The summed E-state index contributed by atoms with van der Waals surface area (Å²) in [6.07, 6.45) is 4.87. The van der Waals surface area contributed by atoms with Crippen LogP contribution in [0.2, 0.25) is 0 Å². The lowest BCUT2D eigenvalue weighted by Crippen LogP contribution is -2.35. The molecule has 1 amide bonds. The molecule has 0 bridgehead atoms. The molecule has 6 heteroatoms. The van der Waals surface area contributed by atoms with E-state index in [9.17, 15) is 4.79 Å². The van der Waals surface area contributed by atoms with Gasteiger partial charge in [-0.2, -0.15) is 0 Å². The van der Waals surface area contributed by atoms with Crippen LogP contribution in [0.5, 0.6) is 0 Å². The molecular weight excluding hydrogens is 328 g/mol. The van der Waals surface area contributed by atoms with E-state index < -0.39 is 0 Å². The number of nitrogens with zero attached hydrogens (tertiary/aromatic N) is 3. The number of hydrogen-bond acceptors (Lipinski definition) is 5. The largest absolute Gasteiger partial charge is 0.383 e. The minimum absolute atomic E-state index is 0.190. The van der Waals surface area contributed by atoms with Crippen molar-refractivity contribution in [2.24, 2.45) is 5.92 Å². The number of anilines is 1. The second kappa shape index (κ2) is 9.29. The highest BCUT2D eigenvalue weighted by molar-refractivity contribution is 5.92. The van der Waals surface area contributed by atoms with Crippen molar-refractivity contribution < 1.29 is 9.53 Å². The molecule has 1 aliphatic rings. The van der Waals surface area contributed by atoms with E-state index in [4.69, 9.17) is 4.74 Å². The summed E-state index contributed by atoms with van der Waals surface area (Å²) in [6.45, 7) is 2.87. The number of amides is 1. The van der Waals surface area contributed by atoms with Crippen LogP contribution in [0.4, 0.5) is 5.82 Å². The van der Waals surface area contributed by atoms with E-state index in [1.54, 1.807) is 13.2 Å². The Morgan fingerprint density at radius 3 is 2.73 bits per heavy atom. The number of carbonyl (C=O) groups excluding carboxylic acids is 1. The van der Waals surface area contributed by atoms with E-state index in [2.05, 4.69) is 50.5 Å². The molecule has 1 saturated heterocycles. The van der Waals surface area contributed by atoms with Gasteiger partial charge in [0.15, 0.2) is 0 Å². The monoisotopic (exact) mass is 354 g/mol. The number of methoxy groups -OCH3 is 1. The summed E-state index contributed by atoms with van der Waals surface area (Å²) < 4.78 is 4.94. The predicted molar refractivity (Wildman–Crippen MR) is 101 cm³/mol. The third kappa shape index (κ3) is 5.02. The third-order valence-electron chi connectivity index (χ3n) is 4.78. The van der Waals surface area contributed by atoms with Gasteiger partial charge in [0.25, 0.3) is 5.91 Å². The first-order chi connectivity index (χ1) is 12.8. The number of benzene rings is 1. The van der Waals surface area contributed by atoms with Gasteiger partial charge in [0.1, 0.15) is 17.8 Å². The topological polar surface area (TPSA) is 67.3 Å². The normalized spacial score (nSPS) is 15.0. The van der Waals surface area contributed by atoms with E-state index >= 15 is 0 Å². The summed E-state index contributed by atoms with van der Waals surface area (Å²) >= 11 is 0. The van der Waals surface area contributed by atoms with Crippen LogP contribution in [0.15, 0.2) is 42.7 Å². The molecule has 0 spiro atoms. The minimum atomic E-state index is -0.190. The van der Waals surface area contributed by atoms with Crippen molar-refractivity contribution in [1.29, 1.82) is 0 Å². The van der Waals surface area contributed by atoms with Crippen molar-refractivity contribution in [2.45, 2.75) is 19.3 Å². The first-order valence-electron chi connectivity index (χ1n) is 9.14. The molecule has 138 valence electrons. The Kier molecular flexibility index (Phi) is 6.55. The molecule has 0 radical (unpaired) electrons. The molecule has 1 aliphatic heterocycles. The van der Waals surface area contributed by atoms with Gasteiger partial charge in [-0.25, -0.2) is 9.97 Å². The predicted octanol–water partition coefficient (Wildman–Crippen LogP) is 2.31. The number of carbonyl (C=O) groups is 1. The van der Waals surface area contributed by atoms with Crippen LogP contribution in [0.1, 0.15) is 28.9 Å². The molecule has 0 atom stereocenters. The van der Waals surface area contributed by atoms with Crippen LogP contribution in [0.25, 0.3) is 0 Å². The van der Waals surface area contributed by atoms with Crippen LogP contribution in [-0.2, 0) is 11.2 Å². The van der Waals surface area contributed by atoms with Gasteiger partial charge in [-0.1, -0.05) is 30.3 Å². The molecule has 1 aromatic heterocycles. The standard InChI is InChI=1S/C20H26N4O2/c1-26-12-9-21-20(25)18-14-19(23-15-22-18)24-10-7-17(8-11-24)13-16-5-3-2-4-6-16/h2-6,14-15,17H,7-13H2,1H3,(H,21,25). The minimum Gasteiger partial charge on any atom is -0.383 e. The van der Waals surface area contributed by atoms with Gasteiger partial charge in [-0.05, 0) is 30.7 Å². The maximum Gasteiger partial charge on any atom is 0.270 e. The Balaban J connectivity index is 1.54. The molecule has 0 unspecified atom stereocenters. The Morgan fingerprint density at radius 2 is 2.00 bits per heavy atom. The average Bonchev–Trinajstić information content (AvgIpc) is 2.69. The van der Waals surface area contributed by atoms with Crippen molar-refractivity contribution in [2.75, 3.05) is 38.3 Å². The van der Waals surface area contributed by atoms with Gasteiger partial charge >= 0.3 is 0 Å². The van der Waals surface area contributed by atoms with Crippen molar-refractivity contribution in [3.8, 4) is 0 Å². The van der Waals surface area contributed by atoms with Crippen LogP contribution >= 0.6 is 0 Å². The summed E-state index contributed by atoms with van der Waals surface area (Å²) in [7, 11) is 1.61. The molecule has 2 aromatic rings. The molecule has 0 saturated carbocycles. The number of ether oxygens (including phenoxy) is 1. The Bertz CT molecular complexity index is 700. The summed E-state index contributed by atoms with van der Waals surface area (Å²) in [5.74, 6) is 1.34. The summed E-state index contributed by atoms with van der Waals surface area (Å²) in [6, 6.07) is 12.4. The van der Waals surface area contributed by atoms with Gasteiger partial charge in [-0.3, -0.25) is 4.79 Å². The summed E-state index contributed by atoms with van der Waals surface area (Å²) in [5.41, 5.74) is 1.81. The molecular formula is C20H26N4O2. The Morgan fingerprint density at radius 1 is 1.23 bits per heavy atom. The highest BCUT2D eigenvalue weighted by Crippen LogP contribution is 2.24. The fraction of sp³-hybridized carbons (Fsp3) is 0.450. The van der Waals surface area contributed by atoms with Crippen molar-refractivity contribution in [3.63, 3.8) is 0 Å². The lowest BCUT2D eigenvalue weighted by atomic mass is 9.90. The van der Waals surface area contributed by atoms with E-state index in [-0.39, 0.29) is 5.91 Å². The zero-order valence-electron chi connectivity index (χ0n) is 15.2. The Hall–Kier alpha value is -2.47. The molecule has 6 nitrogen and oxygen atoms in total. The van der Waals surface area contributed by atoms with Crippen molar-refractivity contribution in [3.05, 3.63) is 54.0 Å². The van der Waals surface area contributed by atoms with Crippen molar-refractivity contribution in [1.82, 2.24) is 15.3 Å². The number of aromatic nitrogens is 2. The lowest BCUT2D eigenvalue weighted by Gasteiger charge is -2.33. The number of nitrogens with one attached hydrogen (secondary N) is 1. The van der Waals surface area contributed by atoms with E-state index in [0.29, 0.717) is 24.8 Å². The average molecular weight is 354 g/mol. The molecule has 26 heavy (non-hydrogen) atoms. The summed E-state index contributed by atoms with van der Waals surface area (Å²) in [4.78, 5) is 22.8. The van der Waals surface area contributed by atoms with E-state index in [1.165, 1.54) is 11.9 Å². The van der Waals surface area contributed by atoms with Gasteiger partial charge in [-0.15, -0.1) is 0 Å². The molecule has 2 heterocycles. The highest BCUT2D eigenvalue weighted by Gasteiger charge is 2.21. The molecule has 1 N–H and O–H groups in total. The highest BCUT2D eigenvalue weighted by atomic mass is 16.5.